The van der Waals surface area contributed by atoms with E-state index in [4.69, 9.17) is 4.74 Å². The number of ether oxygens (including phenoxy) is 1. The van der Waals surface area contributed by atoms with Gasteiger partial charge in [-0.25, -0.2) is 4.79 Å². The van der Waals surface area contributed by atoms with Crippen LogP contribution in [0.2, 0.25) is 0 Å². The molecule has 4 nitrogen and oxygen atoms in total. The lowest BCUT2D eigenvalue weighted by molar-refractivity contribution is 0.240. The fourth-order valence-corrected chi connectivity index (χ4v) is 3.86. The van der Waals surface area contributed by atoms with Gasteiger partial charge >= 0.3 is 6.03 Å². The highest BCUT2D eigenvalue weighted by atomic mass is 16.5. The fraction of sp³-hybridized carbons (Fsp3) is 0.741. The summed E-state index contributed by atoms with van der Waals surface area (Å²) in [4.78, 5) is 11.9. The van der Waals surface area contributed by atoms with E-state index in [9.17, 15) is 4.79 Å². The first-order valence-corrected chi connectivity index (χ1v) is 12.9. The van der Waals surface area contributed by atoms with E-state index in [0.717, 1.165) is 24.3 Å². The van der Waals surface area contributed by atoms with Crippen LogP contribution in [0.5, 0.6) is 5.75 Å². The van der Waals surface area contributed by atoms with Crippen LogP contribution >= 0.6 is 0 Å². The van der Waals surface area contributed by atoms with Crippen molar-refractivity contribution in [1.29, 1.82) is 0 Å². The zero-order valence-corrected chi connectivity index (χ0v) is 20.4. The highest BCUT2D eigenvalue weighted by Crippen LogP contribution is 2.14. The largest absolute Gasteiger partial charge is 0.497 e. The Morgan fingerprint density at radius 2 is 1.13 bits per heavy atom. The number of benzene rings is 1. The Hall–Kier alpha value is -1.71. The number of urea groups is 1. The van der Waals surface area contributed by atoms with Gasteiger partial charge in [0, 0.05) is 13.1 Å². The second-order valence-electron chi connectivity index (χ2n) is 8.76. The highest BCUT2D eigenvalue weighted by Gasteiger charge is 2.00. The number of amides is 2. The van der Waals surface area contributed by atoms with Crippen molar-refractivity contribution >= 4 is 6.03 Å². The second-order valence-corrected chi connectivity index (χ2v) is 8.76. The van der Waals surface area contributed by atoms with Crippen molar-refractivity contribution in [2.75, 3.05) is 13.7 Å². The van der Waals surface area contributed by atoms with Gasteiger partial charge in [0.25, 0.3) is 0 Å². The number of hydrogen-bond acceptors (Lipinski definition) is 2. The zero-order valence-electron chi connectivity index (χ0n) is 20.4. The molecule has 0 aromatic heterocycles. The molecular formula is C27H48N2O2. The summed E-state index contributed by atoms with van der Waals surface area (Å²) >= 11 is 0. The molecule has 1 rings (SSSR count). The third-order valence-electron chi connectivity index (χ3n) is 5.93. The predicted octanol–water partition coefficient (Wildman–Crippen LogP) is 7.76. The lowest BCUT2D eigenvalue weighted by Gasteiger charge is -2.08. The van der Waals surface area contributed by atoms with Crippen molar-refractivity contribution in [3.8, 4) is 5.75 Å². The van der Waals surface area contributed by atoms with E-state index < -0.39 is 0 Å². The molecule has 0 unspecified atom stereocenters. The van der Waals surface area contributed by atoms with E-state index in [1.54, 1.807) is 7.11 Å². The average Bonchev–Trinajstić information content (AvgIpc) is 2.80. The first kappa shape index (κ1) is 27.3. The average molecular weight is 433 g/mol. The van der Waals surface area contributed by atoms with E-state index >= 15 is 0 Å². The van der Waals surface area contributed by atoms with Gasteiger partial charge in [-0.3, -0.25) is 0 Å². The van der Waals surface area contributed by atoms with Gasteiger partial charge in [0.2, 0.25) is 0 Å². The Bertz CT molecular complexity index is 531. The molecule has 0 aliphatic carbocycles. The summed E-state index contributed by atoms with van der Waals surface area (Å²) in [6.45, 7) is 3.58. The second kappa shape index (κ2) is 20.2. The SMILES string of the molecule is CCCCCCCCCCCCCCCCCCNC(=O)NCc1ccc(OC)cc1. The van der Waals surface area contributed by atoms with Crippen LogP contribution in [0.1, 0.15) is 115 Å². The topological polar surface area (TPSA) is 50.4 Å². The van der Waals surface area contributed by atoms with Crippen LogP contribution in [0.15, 0.2) is 24.3 Å². The normalized spacial score (nSPS) is 10.8. The number of carbonyl (C=O) groups excluding carboxylic acids is 1. The first-order chi connectivity index (χ1) is 15.3. The Balaban J connectivity index is 1.79. The molecule has 178 valence electrons. The molecule has 0 aliphatic heterocycles. The van der Waals surface area contributed by atoms with Gasteiger partial charge in [-0.1, -0.05) is 115 Å². The summed E-state index contributed by atoms with van der Waals surface area (Å²) in [5, 5.41) is 5.85. The summed E-state index contributed by atoms with van der Waals surface area (Å²) in [5.74, 6) is 0.830. The van der Waals surface area contributed by atoms with Gasteiger partial charge in [0.05, 0.1) is 7.11 Å². The molecule has 0 fully saturated rings. The molecule has 1 aromatic rings. The molecule has 0 radical (unpaired) electrons. The van der Waals surface area contributed by atoms with Crippen molar-refractivity contribution < 1.29 is 9.53 Å². The van der Waals surface area contributed by atoms with Crippen LogP contribution in [-0.2, 0) is 6.54 Å². The number of rotatable bonds is 20. The molecular weight excluding hydrogens is 384 g/mol. The molecule has 0 spiro atoms. The Kier molecular flexibility index (Phi) is 17.8. The van der Waals surface area contributed by atoms with E-state index in [-0.39, 0.29) is 6.03 Å². The lowest BCUT2D eigenvalue weighted by atomic mass is 10.0. The molecule has 0 atom stereocenters. The Labute approximate surface area is 191 Å². The zero-order chi connectivity index (χ0) is 22.4. The van der Waals surface area contributed by atoms with Gasteiger partial charge in [-0.2, -0.15) is 0 Å². The van der Waals surface area contributed by atoms with Crippen molar-refractivity contribution in [1.82, 2.24) is 10.6 Å². The quantitative estimate of drug-likeness (QED) is 0.207. The molecule has 0 heterocycles. The predicted molar refractivity (Wildman–Crippen MR) is 133 cm³/mol. The Morgan fingerprint density at radius 3 is 1.58 bits per heavy atom. The molecule has 2 N–H and O–H groups in total. The number of carbonyl (C=O) groups is 1. The third-order valence-corrected chi connectivity index (χ3v) is 5.93. The maximum Gasteiger partial charge on any atom is 0.315 e. The minimum atomic E-state index is -0.0863. The summed E-state index contributed by atoms with van der Waals surface area (Å²) in [5.41, 5.74) is 1.07. The summed E-state index contributed by atoms with van der Waals surface area (Å²) in [6.07, 6.45) is 21.9. The molecule has 1 aromatic carbocycles. The standard InChI is InChI=1S/C27H48N2O2/c1-3-4-5-6-7-8-9-10-11-12-13-14-15-16-17-18-23-28-27(30)29-24-25-19-21-26(31-2)22-20-25/h19-22H,3-18,23-24H2,1-2H3,(H2,28,29,30). The molecule has 31 heavy (non-hydrogen) atoms. The van der Waals surface area contributed by atoms with Crippen molar-refractivity contribution in [3.05, 3.63) is 29.8 Å². The Morgan fingerprint density at radius 1 is 0.677 bits per heavy atom. The number of hydrogen-bond donors (Lipinski definition) is 2. The molecule has 0 aliphatic rings. The molecule has 0 bridgehead atoms. The monoisotopic (exact) mass is 432 g/mol. The third kappa shape index (κ3) is 16.6. The maximum atomic E-state index is 11.9. The molecule has 4 heteroatoms. The maximum absolute atomic E-state index is 11.9. The van der Waals surface area contributed by atoms with Crippen LogP contribution in [0.4, 0.5) is 4.79 Å². The molecule has 0 saturated carbocycles. The van der Waals surface area contributed by atoms with Crippen molar-refractivity contribution in [3.63, 3.8) is 0 Å². The van der Waals surface area contributed by atoms with E-state index in [1.165, 1.54) is 96.3 Å². The fourth-order valence-electron chi connectivity index (χ4n) is 3.86. The van der Waals surface area contributed by atoms with E-state index in [1.807, 2.05) is 24.3 Å². The smallest absolute Gasteiger partial charge is 0.315 e. The van der Waals surface area contributed by atoms with Gasteiger partial charge in [-0.15, -0.1) is 0 Å². The lowest BCUT2D eigenvalue weighted by Crippen LogP contribution is -2.35. The van der Waals surface area contributed by atoms with Gasteiger partial charge < -0.3 is 15.4 Å². The number of methoxy groups -OCH3 is 1. The van der Waals surface area contributed by atoms with E-state index in [0.29, 0.717) is 6.54 Å². The highest BCUT2D eigenvalue weighted by molar-refractivity contribution is 5.73. The molecule has 0 saturated heterocycles. The number of nitrogens with one attached hydrogen (secondary N) is 2. The van der Waals surface area contributed by atoms with Crippen LogP contribution in [0.25, 0.3) is 0 Å². The summed E-state index contributed by atoms with van der Waals surface area (Å²) in [7, 11) is 1.65. The van der Waals surface area contributed by atoms with Crippen LogP contribution in [0.3, 0.4) is 0 Å². The van der Waals surface area contributed by atoms with Crippen molar-refractivity contribution in [2.45, 2.75) is 116 Å². The molecule has 2 amide bonds. The van der Waals surface area contributed by atoms with Gasteiger partial charge in [0.15, 0.2) is 0 Å². The minimum absolute atomic E-state index is 0.0863. The van der Waals surface area contributed by atoms with Crippen LogP contribution in [-0.4, -0.2) is 19.7 Å². The summed E-state index contributed by atoms with van der Waals surface area (Å²) < 4.78 is 5.14. The van der Waals surface area contributed by atoms with E-state index in [2.05, 4.69) is 17.6 Å². The van der Waals surface area contributed by atoms with Gasteiger partial charge in [-0.05, 0) is 24.1 Å². The number of unbranched alkanes of at least 4 members (excludes halogenated alkanes) is 15. The van der Waals surface area contributed by atoms with Crippen molar-refractivity contribution in [2.24, 2.45) is 0 Å². The van der Waals surface area contributed by atoms with Gasteiger partial charge in [0.1, 0.15) is 5.75 Å². The summed E-state index contributed by atoms with van der Waals surface area (Å²) in [6, 6.07) is 7.66. The van der Waals surface area contributed by atoms with Crippen LogP contribution in [0, 0.1) is 0 Å². The van der Waals surface area contributed by atoms with Crippen LogP contribution < -0.4 is 15.4 Å². The first-order valence-electron chi connectivity index (χ1n) is 12.9. The minimum Gasteiger partial charge on any atom is -0.497 e.